The molecule has 0 aliphatic carbocycles. The van der Waals surface area contributed by atoms with Crippen LogP contribution in [0.4, 0.5) is 17.2 Å². The number of pyridine rings is 1. The Morgan fingerprint density at radius 3 is 2.92 bits per heavy atom. The standard InChI is InChI=1S/C18H20N4O4/c1-12-4-2-6-17(20-12)21-18(23)15-10-13(22(24)25)7-8-16(15)19-11-14-5-3-9-26-14/h2,4,6-8,10,14,19H,3,5,9,11H2,1H3,(H,20,21,23)/t14-/m0/s1. The largest absolute Gasteiger partial charge is 0.382 e. The quantitative estimate of drug-likeness (QED) is 0.608. The van der Waals surface area contributed by atoms with Crippen LogP contribution in [-0.4, -0.2) is 35.1 Å². The molecule has 0 spiro atoms. The summed E-state index contributed by atoms with van der Waals surface area (Å²) in [7, 11) is 0. The number of anilines is 2. The number of rotatable bonds is 6. The molecule has 1 aliphatic rings. The Hall–Kier alpha value is -3.00. The van der Waals surface area contributed by atoms with Gasteiger partial charge in [0.2, 0.25) is 0 Å². The molecule has 1 fully saturated rings. The van der Waals surface area contributed by atoms with Gasteiger partial charge in [-0.2, -0.15) is 0 Å². The van der Waals surface area contributed by atoms with Crippen LogP contribution in [0.1, 0.15) is 28.9 Å². The van der Waals surface area contributed by atoms with Gasteiger partial charge in [-0.1, -0.05) is 6.07 Å². The zero-order valence-corrected chi connectivity index (χ0v) is 14.4. The van der Waals surface area contributed by atoms with Crippen LogP contribution in [0.15, 0.2) is 36.4 Å². The maximum Gasteiger partial charge on any atom is 0.270 e. The van der Waals surface area contributed by atoms with E-state index in [1.165, 1.54) is 12.1 Å². The van der Waals surface area contributed by atoms with E-state index >= 15 is 0 Å². The van der Waals surface area contributed by atoms with E-state index < -0.39 is 10.8 Å². The van der Waals surface area contributed by atoms with Crippen molar-refractivity contribution in [3.8, 4) is 0 Å². The zero-order valence-electron chi connectivity index (χ0n) is 14.4. The molecule has 1 amide bonds. The summed E-state index contributed by atoms with van der Waals surface area (Å²) in [5.74, 6) is -0.0618. The van der Waals surface area contributed by atoms with Crippen molar-refractivity contribution in [1.82, 2.24) is 4.98 Å². The molecule has 1 aliphatic heterocycles. The second-order valence-electron chi connectivity index (χ2n) is 6.12. The summed E-state index contributed by atoms with van der Waals surface area (Å²) in [6, 6.07) is 9.45. The molecule has 0 radical (unpaired) electrons. The van der Waals surface area contributed by atoms with E-state index in [2.05, 4.69) is 15.6 Å². The molecule has 26 heavy (non-hydrogen) atoms. The van der Waals surface area contributed by atoms with Crippen molar-refractivity contribution < 1.29 is 14.5 Å². The molecule has 8 heteroatoms. The summed E-state index contributed by atoms with van der Waals surface area (Å²) >= 11 is 0. The minimum atomic E-state index is -0.522. The smallest absolute Gasteiger partial charge is 0.270 e. The van der Waals surface area contributed by atoms with E-state index in [4.69, 9.17) is 4.74 Å². The third-order valence-corrected chi connectivity index (χ3v) is 4.13. The van der Waals surface area contributed by atoms with Crippen LogP contribution in [0, 0.1) is 17.0 Å². The molecule has 1 aromatic carbocycles. The summed E-state index contributed by atoms with van der Waals surface area (Å²) in [5, 5.41) is 16.9. The fraction of sp³-hybridized carbons (Fsp3) is 0.333. The Morgan fingerprint density at radius 2 is 2.23 bits per heavy atom. The molecular formula is C18H20N4O4. The lowest BCUT2D eigenvalue weighted by atomic mass is 10.1. The van der Waals surface area contributed by atoms with E-state index in [1.54, 1.807) is 18.2 Å². The van der Waals surface area contributed by atoms with Crippen LogP contribution >= 0.6 is 0 Å². The van der Waals surface area contributed by atoms with E-state index in [0.717, 1.165) is 25.1 Å². The number of aromatic nitrogens is 1. The minimum Gasteiger partial charge on any atom is -0.382 e. The van der Waals surface area contributed by atoms with Crippen molar-refractivity contribution >= 4 is 23.1 Å². The second kappa shape index (κ2) is 7.92. The van der Waals surface area contributed by atoms with Crippen molar-refractivity contribution in [3.05, 3.63) is 57.8 Å². The van der Waals surface area contributed by atoms with Gasteiger partial charge in [-0.05, 0) is 38.0 Å². The lowest BCUT2D eigenvalue weighted by molar-refractivity contribution is -0.384. The number of aryl methyl sites for hydroxylation is 1. The van der Waals surface area contributed by atoms with Crippen molar-refractivity contribution in [2.45, 2.75) is 25.9 Å². The van der Waals surface area contributed by atoms with Crippen LogP contribution in [-0.2, 0) is 4.74 Å². The first-order valence-electron chi connectivity index (χ1n) is 8.42. The summed E-state index contributed by atoms with van der Waals surface area (Å²) in [4.78, 5) is 27.5. The second-order valence-corrected chi connectivity index (χ2v) is 6.12. The van der Waals surface area contributed by atoms with E-state index in [1.807, 2.05) is 13.0 Å². The van der Waals surface area contributed by atoms with Gasteiger partial charge < -0.3 is 15.4 Å². The number of ether oxygens (including phenoxy) is 1. The molecule has 1 saturated heterocycles. The van der Waals surface area contributed by atoms with Gasteiger partial charge in [0.15, 0.2) is 0 Å². The highest BCUT2D eigenvalue weighted by molar-refractivity contribution is 6.08. The van der Waals surface area contributed by atoms with E-state index in [0.29, 0.717) is 18.1 Å². The normalized spacial score (nSPS) is 16.3. The fourth-order valence-electron chi connectivity index (χ4n) is 2.81. The summed E-state index contributed by atoms with van der Waals surface area (Å²) in [6.07, 6.45) is 2.05. The Labute approximate surface area is 150 Å². The molecule has 2 N–H and O–H groups in total. The molecule has 0 bridgehead atoms. The third kappa shape index (κ3) is 4.34. The monoisotopic (exact) mass is 356 g/mol. The molecular weight excluding hydrogens is 336 g/mol. The molecule has 0 saturated carbocycles. The van der Waals surface area contributed by atoms with Gasteiger partial charge in [-0.3, -0.25) is 14.9 Å². The van der Waals surface area contributed by atoms with E-state index in [9.17, 15) is 14.9 Å². The highest BCUT2D eigenvalue weighted by atomic mass is 16.6. The number of carbonyl (C=O) groups is 1. The van der Waals surface area contributed by atoms with Gasteiger partial charge in [0.05, 0.1) is 16.6 Å². The predicted octanol–water partition coefficient (Wildman–Crippen LogP) is 3.14. The van der Waals surface area contributed by atoms with Crippen molar-refractivity contribution in [3.63, 3.8) is 0 Å². The van der Waals surface area contributed by atoms with E-state index in [-0.39, 0.29) is 17.4 Å². The summed E-state index contributed by atoms with van der Waals surface area (Å²) < 4.78 is 5.56. The Balaban J connectivity index is 1.82. The molecule has 136 valence electrons. The van der Waals surface area contributed by atoms with Gasteiger partial charge >= 0.3 is 0 Å². The fourth-order valence-corrected chi connectivity index (χ4v) is 2.81. The van der Waals surface area contributed by atoms with Crippen LogP contribution in [0.3, 0.4) is 0 Å². The first kappa shape index (κ1) is 17.8. The number of nitrogens with zero attached hydrogens (tertiary/aromatic N) is 2. The predicted molar refractivity (Wildman–Crippen MR) is 97.5 cm³/mol. The molecule has 2 heterocycles. The highest BCUT2D eigenvalue weighted by Gasteiger charge is 2.20. The number of hydrogen-bond donors (Lipinski definition) is 2. The first-order chi connectivity index (χ1) is 12.5. The third-order valence-electron chi connectivity index (χ3n) is 4.13. The number of nitro groups is 1. The van der Waals surface area contributed by atoms with Crippen LogP contribution < -0.4 is 10.6 Å². The topological polar surface area (TPSA) is 106 Å². The van der Waals surface area contributed by atoms with Crippen LogP contribution in [0.2, 0.25) is 0 Å². The van der Waals surface area contributed by atoms with Gasteiger partial charge in [0.25, 0.3) is 11.6 Å². The maximum atomic E-state index is 12.7. The average molecular weight is 356 g/mol. The van der Waals surface area contributed by atoms with Gasteiger partial charge in [0.1, 0.15) is 5.82 Å². The average Bonchev–Trinajstić information content (AvgIpc) is 3.13. The number of nitro benzene ring substituents is 1. The molecule has 1 atom stereocenters. The van der Waals surface area contributed by atoms with Gasteiger partial charge in [-0.15, -0.1) is 0 Å². The number of nitrogens with one attached hydrogen (secondary N) is 2. The minimum absolute atomic E-state index is 0.0829. The van der Waals surface area contributed by atoms with Crippen LogP contribution in [0.5, 0.6) is 0 Å². The maximum absolute atomic E-state index is 12.7. The summed E-state index contributed by atoms with van der Waals surface area (Å²) in [6.45, 7) is 3.09. The zero-order chi connectivity index (χ0) is 18.5. The Kier molecular flexibility index (Phi) is 5.43. The number of non-ortho nitro benzene ring substituents is 1. The summed E-state index contributed by atoms with van der Waals surface area (Å²) in [5.41, 5.74) is 1.34. The van der Waals surface area contributed by atoms with Gasteiger partial charge in [-0.25, -0.2) is 4.98 Å². The Morgan fingerprint density at radius 1 is 1.38 bits per heavy atom. The van der Waals surface area contributed by atoms with Gasteiger partial charge in [0, 0.05) is 36.7 Å². The molecule has 8 nitrogen and oxygen atoms in total. The van der Waals surface area contributed by atoms with Crippen molar-refractivity contribution in [2.24, 2.45) is 0 Å². The van der Waals surface area contributed by atoms with Crippen molar-refractivity contribution in [2.75, 3.05) is 23.8 Å². The first-order valence-corrected chi connectivity index (χ1v) is 8.42. The molecule has 1 aromatic heterocycles. The highest BCUT2D eigenvalue weighted by Crippen LogP contribution is 2.24. The number of hydrogen-bond acceptors (Lipinski definition) is 6. The SMILES string of the molecule is Cc1cccc(NC(=O)c2cc([N+](=O)[O-])ccc2NC[C@@H]2CCCO2)n1. The van der Waals surface area contributed by atoms with Crippen molar-refractivity contribution in [1.29, 1.82) is 0 Å². The number of amides is 1. The lowest BCUT2D eigenvalue weighted by Crippen LogP contribution is -2.21. The van der Waals surface area contributed by atoms with Crippen LogP contribution in [0.25, 0.3) is 0 Å². The molecule has 3 rings (SSSR count). The Bertz CT molecular complexity index is 819. The lowest BCUT2D eigenvalue weighted by Gasteiger charge is -2.15. The molecule has 2 aromatic rings. The molecule has 0 unspecified atom stereocenters. The number of carbonyl (C=O) groups excluding carboxylic acids is 1. The number of benzene rings is 1.